The van der Waals surface area contributed by atoms with Crippen molar-refractivity contribution < 1.29 is 29.0 Å². The van der Waals surface area contributed by atoms with Gasteiger partial charge in [0.15, 0.2) is 11.5 Å². The summed E-state index contributed by atoms with van der Waals surface area (Å²) < 4.78 is 12.6. The molecule has 1 aliphatic carbocycles. The van der Waals surface area contributed by atoms with Crippen molar-refractivity contribution in [3.8, 4) is 11.5 Å². The van der Waals surface area contributed by atoms with Crippen LogP contribution >= 0.6 is 0 Å². The number of benzene rings is 2. The van der Waals surface area contributed by atoms with E-state index in [0.717, 1.165) is 23.9 Å². The SMILES string of the molecule is O=C1CN(C2CC2)C(=O)c2cc(cc(C(=O)NCCCO)c2)Oc2cccc(c2)CO[C@H]2CCN(c3ncnc4nc[nH]c34)C[C@H]2N1. The number of hydrogen-bond donors (Lipinski definition) is 4. The smallest absolute Gasteiger partial charge is 0.254 e. The highest BCUT2D eigenvalue weighted by atomic mass is 16.5. The Balaban J connectivity index is 1.20. The Hall–Kier alpha value is -5.08. The largest absolute Gasteiger partial charge is 0.457 e. The fraction of sp³-hybridized carbons (Fsp3) is 0.394. The summed E-state index contributed by atoms with van der Waals surface area (Å²) in [7, 11) is 0. The Morgan fingerprint density at radius 2 is 1.96 bits per heavy atom. The van der Waals surface area contributed by atoms with Crippen molar-refractivity contribution in [2.24, 2.45) is 0 Å². The number of piperidine rings is 1. The van der Waals surface area contributed by atoms with Gasteiger partial charge >= 0.3 is 0 Å². The number of aliphatic hydroxyl groups is 1. The predicted molar refractivity (Wildman–Crippen MR) is 170 cm³/mol. The number of H-pyrrole nitrogens is 1. The number of carbonyl (C=O) groups excluding carboxylic acids is 3. The topological polar surface area (TPSA) is 175 Å². The van der Waals surface area contributed by atoms with Gasteiger partial charge in [0.1, 0.15) is 29.9 Å². The molecule has 14 heteroatoms. The zero-order valence-corrected chi connectivity index (χ0v) is 25.7. The van der Waals surface area contributed by atoms with E-state index in [1.807, 2.05) is 18.2 Å². The van der Waals surface area contributed by atoms with Crippen molar-refractivity contribution in [3.05, 3.63) is 71.8 Å². The first-order valence-electron chi connectivity index (χ1n) is 15.9. The van der Waals surface area contributed by atoms with E-state index in [4.69, 9.17) is 14.6 Å². The van der Waals surface area contributed by atoms with Crippen molar-refractivity contribution in [2.75, 3.05) is 37.7 Å². The lowest BCUT2D eigenvalue weighted by atomic mass is 10.0. The number of anilines is 1. The molecule has 3 aliphatic rings. The maximum absolute atomic E-state index is 14.0. The van der Waals surface area contributed by atoms with Crippen LogP contribution in [0.3, 0.4) is 0 Å². The second-order valence-corrected chi connectivity index (χ2v) is 12.0. The van der Waals surface area contributed by atoms with E-state index >= 15 is 0 Å². The number of fused-ring (bicyclic) bond motifs is 6. The highest BCUT2D eigenvalue weighted by Gasteiger charge is 2.37. The molecule has 4 bridgehead atoms. The van der Waals surface area contributed by atoms with Gasteiger partial charge in [0.25, 0.3) is 11.8 Å². The van der Waals surface area contributed by atoms with Gasteiger partial charge in [0.2, 0.25) is 5.91 Å². The lowest BCUT2D eigenvalue weighted by Gasteiger charge is -2.39. The van der Waals surface area contributed by atoms with Crippen molar-refractivity contribution in [2.45, 2.75) is 50.5 Å². The third-order valence-corrected chi connectivity index (χ3v) is 8.60. The van der Waals surface area contributed by atoms with E-state index in [1.54, 1.807) is 29.4 Å². The molecule has 7 rings (SSSR count). The highest BCUT2D eigenvalue weighted by Crippen LogP contribution is 2.32. The van der Waals surface area contributed by atoms with E-state index < -0.39 is 11.9 Å². The molecule has 1 saturated carbocycles. The maximum atomic E-state index is 14.0. The number of carbonyl (C=O) groups is 3. The zero-order chi connectivity index (χ0) is 32.3. The van der Waals surface area contributed by atoms with E-state index in [9.17, 15) is 14.4 Å². The van der Waals surface area contributed by atoms with Gasteiger partial charge in [-0.15, -0.1) is 0 Å². The van der Waals surface area contributed by atoms with Gasteiger partial charge in [0.05, 0.1) is 25.1 Å². The molecule has 244 valence electrons. The maximum Gasteiger partial charge on any atom is 0.254 e. The molecule has 0 spiro atoms. The zero-order valence-electron chi connectivity index (χ0n) is 25.7. The van der Waals surface area contributed by atoms with Gasteiger partial charge in [-0.3, -0.25) is 14.4 Å². The van der Waals surface area contributed by atoms with Crippen LogP contribution in [0.2, 0.25) is 0 Å². The number of aliphatic hydroxyl groups excluding tert-OH is 1. The van der Waals surface area contributed by atoms with Crippen LogP contribution in [0.4, 0.5) is 5.82 Å². The number of aromatic nitrogens is 4. The van der Waals surface area contributed by atoms with Crippen LogP contribution in [0.5, 0.6) is 11.5 Å². The van der Waals surface area contributed by atoms with Crippen LogP contribution in [-0.4, -0.2) is 98.6 Å². The fourth-order valence-electron chi connectivity index (χ4n) is 6.11. The molecule has 2 aromatic heterocycles. The second kappa shape index (κ2) is 13.3. The first kappa shape index (κ1) is 30.6. The van der Waals surface area contributed by atoms with E-state index in [2.05, 4.69) is 35.5 Å². The molecule has 0 unspecified atom stereocenters. The molecule has 1 saturated heterocycles. The summed E-state index contributed by atoms with van der Waals surface area (Å²) in [5, 5.41) is 15.1. The van der Waals surface area contributed by atoms with Crippen molar-refractivity contribution in [3.63, 3.8) is 0 Å². The quantitative estimate of drug-likeness (QED) is 0.229. The average Bonchev–Trinajstić information content (AvgIpc) is 3.81. The van der Waals surface area contributed by atoms with E-state index in [0.29, 0.717) is 48.9 Å². The van der Waals surface area contributed by atoms with E-state index in [-0.39, 0.29) is 61.4 Å². The summed E-state index contributed by atoms with van der Waals surface area (Å²) in [6, 6.07) is 11.7. The molecule has 2 fully saturated rings. The lowest BCUT2D eigenvalue weighted by molar-refractivity contribution is -0.124. The summed E-state index contributed by atoms with van der Waals surface area (Å²) in [5.74, 6) is 0.484. The van der Waals surface area contributed by atoms with Crippen LogP contribution in [0.1, 0.15) is 52.0 Å². The highest BCUT2D eigenvalue weighted by molar-refractivity contribution is 6.01. The van der Waals surface area contributed by atoms with Crippen molar-refractivity contribution >= 4 is 34.7 Å². The molecule has 2 atom stereocenters. The predicted octanol–water partition coefficient (Wildman–Crippen LogP) is 2.16. The summed E-state index contributed by atoms with van der Waals surface area (Å²) in [4.78, 5) is 60.5. The number of rotatable bonds is 6. The lowest BCUT2D eigenvalue weighted by Crippen LogP contribution is -2.57. The van der Waals surface area contributed by atoms with Crippen LogP contribution in [0.15, 0.2) is 55.1 Å². The number of hydrogen-bond acceptors (Lipinski definition) is 10. The van der Waals surface area contributed by atoms with Gasteiger partial charge in [-0.25, -0.2) is 15.0 Å². The molecule has 47 heavy (non-hydrogen) atoms. The average molecular weight is 641 g/mol. The monoisotopic (exact) mass is 640 g/mol. The number of imidazole rings is 1. The molecular formula is C33H36N8O6. The van der Waals surface area contributed by atoms with Crippen molar-refractivity contribution in [1.29, 1.82) is 0 Å². The summed E-state index contributed by atoms with van der Waals surface area (Å²) in [6.07, 6.45) is 5.36. The number of amides is 3. The first-order valence-corrected chi connectivity index (χ1v) is 15.9. The van der Waals surface area contributed by atoms with Gasteiger partial charge in [0, 0.05) is 43.4 Å². The van der Waals surface area contributed by atoms with Crippen LogP contribution in [0.25, 0.3) is 11.2 Å². The van der Waals surface area contributed by atoms with E-state index in [1.165, 1.54) is 12.4 Å². The fourth-order valence-corrected chi connectivity index (χ4v) is 6.11. The number of aromatic amines is 1. The van der Waals surface area contributed by atoms with Crippen molar-refractivity contribution in [1.82, 2.24) is 35.5 Å². The molecule has 4 aromatic rings. The molecule has 4 heterocycles. The number of nitrogens with one attached hydrogen (secondary N) is 3. The number of nitrogens with zero attached hydrogens (tertiary/aromatic N) is 5. The van der Waals surface area contributed by atoms with Crippen LogP contribution in [0, 0.1) is 0 Å². The number of ether oxygens (including phenoxy) is 2. The van der Waals surface area contributed by atoms with Crippen LogP contribution < -0.4 is 20.3 Å². The normalized spacial score (nSPS) is 20.4. The molecule has 2 aliphatic heterocycles. The molecule has 3 amide bonds. The van der Waals surface area contributed by atoms with Gasteiger partial charge in [-0.1, -0.05) is 12.1 Å². The molecule has 4 N–H and O–H groups in total. The standard InChI is InChI=1S/C33H36N8O6/c42-10-2-8-34-32(44)21-12-22-14-25(13-21)47-24-4-1-3-20(11-24)17-46-27-7-9-40(31-29-30(36-18-35-29)37-19-38-31)15-26(27)39-28(43)16-41(33(22)45)23-5-6-23/h1,3-4,11-14,18-19,23,26-27,42H,2,5-10,15-17H2,(H,34,44)(H,39,43)(H,35,36,37,38)/t26-,27+/m1/s1. The van der Waals surface area contributed by atoms with Crippen LogP contribution in [-0.2, 0) is 16.1 Å². The van der Waals surface area contributed by atoms with Gasteiger partial charge < -0.3 is 40.0 Å². The molecular weight excluding hydrogens is 604 g/mol. The molecule has 14 nitrogen and oxygen atoms in total. The summed E-state index contributed by atoms with van der Waals surface area (Å²) in [6.45, 7) is 1.44. The molecule has 0 radical (unpaired) electrons. The summed E-state index contributed by atoms with van der Waals surface area (Å²) in [5.41, 5.74) is 2.63. The minimum Gasteiger partial charge on any atom is -0.457 e. The Morgan fingerprint density at radius 3 is 2.81 bits per heavy atom. The Morgan fingerprint density at radius 1 is 1.06 bits per heavy atom. The van der Waals surface area contributed by atoms with Gasteiger partial charge in [-0.2, -0.15) is 0 Å². The minimum atomic E-state index is -0.398. The Kier molecular flexibility index (Phi) is 8.68. The van der Waals surface area contributed by atoms with Gasteiger partial charge in [-0.05, 0) is 61.6 Å². The minimum absolute atomic E-state index is 0.0555. The molecule has 2 aromatic carbocycles. The first-order chi connectivity index (χ1) is 22.9. The second-order valence-electron chi connectivity index (χ2n) is 12.0. The summed E-state index contributed by atoms with van der Waals surface area (Å²) >= 11 is 0. The third kappa shape index (κ3) is 6.88. The Labute approximate surface area is 270 Å². The Bertz CT molecular complexity index is 1790. The third-order valence-electron chi connectivity index (χ3n) is 8.60.